The maximum absolute atomic E-state index is 12.9. The molecule has 0 aromatic heterocycles. The Labute approximate surface area is 117 Å². The Morgan fingerprint density at radius 2 is 2.20 bits per heavy atom. The van der Waals surface area contributed by atoms with Crippen LogP contribution in [0.3, 0.4) is 0 Å². The van der Waals surface area contributed by atoms with Crippen LogP contribution >= 0.6 is 0 Å². The summed E-state index contributed by atoms with van der Waals surface area (Å²) in [5.74, 6) is -0.408. The summed E-state index contributed by atoms with van der Waals surface area (Å²) in [4.78, 5) is 11.6. The molecule has 1 unspecified atom stereocenters. The molecule has 20 heavy (non-hydrogen) atoms. The highest BCUT2D eigenvalue weighted by Gasteiger charge is 2.10. The van der Waals surface area contributed by atoms with Gasteiger partial charge in [0.1, 0.15) is 11.9 Å². The van der Waals surface area contributed by atoms with E-state index >= 15 is 0 Å². The van der Waals surface area contributed by atoms with Crippen molar-refractivity contribution in [2.45, 2.75) is 26.4 Å². The molecule has 108 valence electrons. The number of carbonyl (C=O) groups is 1. The van der Waals surface area contributed by atoms with E-state index in [9.17, 15) is 14.3 Å². The van der Waals surface area contributed by atoms with Crippen LogP contribution in [0.25, 0.3) is 0 Å². The summed E-state index contributed by atoms with van der Waals surface area (Å²) in [6, 6.07) is 4.86. The Kier molecular flexibility index (Phi) is 5.94. The number of anilines is 1. The van der Waals surface area contributed by atoms with Crippen molar-refractivity contribution < 1.29 is 14.3 Å². The van der Waals surface area contributed by atoms with E-state index in [-0.39, 0.29) is 17.2 Å². The summed E-state index contributed by atoms with van der Waals surface area (Å²) in [5, 5.41) is 23.5. The SMILES string of the molecule is CC(C)C(O)CCNC(=O)Nc1ccc(F)cc1C#N. The van der Waals surface area contributed by atoms with Crippen molar-refractivity contribution >= 4 is 11.7 Å². The minimum absolute atomic E-state index is 0.0577. The number of hydrogen-bond acceptors (Lipinski definition) is 3. The first-order chi connectivity index (χ1) is 9.43. The third kappa shape index (κ3) is 4.86. The van der Waals surface area contributed by atoms with Crippen LogP contribution in [0, 0.1) is 23.1 Å². The second kappa shape index (κ2) is 7.46. The minimum atomic E-state index is -0.535. The van der Waals surface area contributed by atoms with Crippen LogP contribution in [-0.2, 0) is 0 Å². The molecule has 6 heteroatoms. The highest BCUT2D eigenvalue weighted by Crippen LogP contribution is 2.15. The third-order valence-corrected chi connectivity index (χ3v) is 2.85. The number of nitrogens with zero attached hydrogens (tertiary/aromatic N) is 1. The second-order valence-corrected chi connectivity index (χ2v) is 4.78. The Balaban J connectivity index is 2.49. The average molecular weight is 279 g/mol. The number of aliphatic hydroxyl groups excluding tert-OH is 1. The van der Waals surface area contributed by atoms with Gasteiger partial charge < -0.3 is 15.7 Å². The predicted octanol–water partition coefficient (Wildman–Crippen LogP) is 2.23. The van der Waals surface area contributed by atoms with E-state index in [2.05, 4.69) is 10.6 Å². The van der Waals surface area contributed by atoms with Crippen molar-refractivity contribution in [1.29, 1.82) is 5.26 Å². The van der Waals surface area contributed by atoms with Crippen LogP contribution in [-0.4, -0.2) is 23.8 Å². The Morgan fingerprint density at radius 1 is 1.50 bits per heavy atom. The van der Waals surface area contributed by atoms with Gasteiger partial charge in [-0.15, -0.1) is 0 Å². The molecular weight excluding hydrogens is 261 g/mol. The maximum Gasteiger partial charge on any atom is 0.319 e. The molecule has 0 aliphatic rings. The van der Waals surface area contributed by atoms with E-state index in [1.807, 2.05) is 19.9 Å². The zero-order chi connectivity index (χ0) is 15.1. The number of urea groups is 1. The van der Waals surface area contributed by atoms with Gasteiger partial charge in [-0.05, 0) is 30.5 Å². The van der Waals surface area contributed by atoms with E-state index < -0.39 is 18.0 Å². The van der Waals surface area contributed by atoms with Gasteiger partial charge >= 0.3 is 6.03 Å². The third-order valence-electron chi connectivity index (χ3n) is 2.85. The Bertz CT molecular complexity index is 512. The molecule has 0 radical (unpaired) electrons. The van der Waals surface area contributed by atoms with Gasteiger partial charge in [0.15, 0.2) is 0 Å². The molecule has 0 fully saturated rings. The summed E-state index contributed by atoms with van der Waals surface area (Å²) < 4.78 is 12.9. The largest absolute Gasteiger partial charge is 0.393 e. The zero-order valence-electron chi connectivity index (χ0n) is 11.5. The first kappa shape index (κ1) is 15.9. The molecule has 0 bridgehead atoms. The van der Waals surface area contributed by atoms with Crippen LogP contribution in [0.5, 0.6) is 0 Å². The summed E-state index contributed by atoms with van der Waals surface area (Å²) in [6.45, 7) is 4.10. The molecule has 0 saturated heterocycles. The lowest BCUT2D eigenvalue weighted by atomic mass is 10.0. The van der Waals surface area contributed by atoms with Gasteiger partial charge in [-0.2, -0.15) is 5.26 Å². The van der Waals surface area contributed by atoms with Gasteiger partial charge in [0.05, 0.1) is 17.4 Å². The Hall–Kier alpha value is -2.13. The lowest BCUT2D eigenvalue weighted by Gasteiger charge is -2.15. The second-order valence-electron chi connectivity index (χ2n) is 4.78. The quantitative estimate of drug-likeness (QED) is 0.772. The lowest BCUT2D eigenvalue weighted by Crippen LogP contribution is -2.32. The topological polar surface area (TPSA) is 85.2 Å². The van der Waals surface area contributed by atoms with Crippen molar-refractivity contribution in [3.05, 3.63) is 29.6 Å². The molecule has 0 saturated carbocycles. The summed E-state index contributed by atoms with van der Waals surface area (Å²) in [6.07, 6.45) is -0.0321. The fourth-order valence-corrected chi connectivity index (χ4v) is 1.55. The first-order valence-corrected chi connectivity index (χ1v) is 6.36. The van der Waals surface area contributed by atoms with Gasteiger partial charge in [0, 0.05) is 6.54 Å². The average Bonchev–Trinajstić information content (AvgIpc) is 2.40. The molecule has 1 atom stereocenters. The molecule has 1 aromatic rings. The number of rotatable bonds is 5. The first-order valence-electron chi connectivity index (χ1n) is 6.36. The lowest BCUT2D eigenvalue weighted by molar-refractivity contribution is 0.117. The van der Waals surface area contributed by atoms with Gasteiger partial charge in [-0.25, -0.2) is 9.18 Å². The van der Waals surface area contributed by atoms with Gasteiger partial charge in [-0.1, -0.05) is 13.8 Å². The van der Waals surface area contributed by atoms with E-state index in [0.717, 1.165) is 6.07 Å². The number of nitriles is 1. The number of nitrogens with one attached hydrogen (secondary N) is 2. The smallest absolute Gasteiger partial charge is 0.319 e. The fourth-order valence-electron chi connectivity index (χ4n) is 1.55. The number of aliphatic hydroxyl groups is 1. The summed E-state index contributed by atoms with van der Waals surface area (Å²) >= 11 is 0. The van der Waals surface area contributed by atoms with Gasteiger partial charge in [-0.3, -0.25) is 0 Å². The van der Waals surface area contributed by atoms with Gasteiger partial charge in [0.25, 0.3) is 0 Å². The monoisotopic (exact) mass is 279 g/mol. The van der Waals surface area contributed by atoms with Crippen molar-refractivity contribution in [3.63, 3.8) is 0 Å². The van der Waals surface area contributed by atoms with E-state index in [4.69, 9.17) is 5.26 Å². The molecule has 0 spiro atoms. The van der Waals surface area contributed by atoms with Crippen LogP contribution in [0.4, 0.5) is 14.9 Å². The normalized spacial score (nSPS) is 11.8. The minimum Gasteiger partial charge on any atom is -0.393 e. The highest BCUT2D eigenvalue weighted by atomic mass is 19.1. The van der Waals surface area contributed by atoms with E-state index in [1.165, 1.54) is 12.1 Å². The zero-order valence-corrected chi connectivity index (χ0v) is 11.5. The van der Waals surface area contributed by atoms with Crippen molar-refractivity contribution in [1.82, 2.24) is 5.32 Å². The van der Waals surface area contributed by atoms with Gasteiger partial charge in [0.2, 0.25) is 0 Å². The van der Waals surface area contributed by atoms with Crippen LogP contribution in [0.1, 0.15) is 25.8 Å². The standard InChI is InChI=1S/C14H18FN3O2/c1-9(2)13(19)5-6-17-14(20)18-12-4-3-11(15)7-10(12)8-16/h3-4,7,9,13,19H,5-6H2,1-2H3,(H2,17,18,20). The molecule has 1 aromatic carbocycles. The molecule has 3 N–H and O–H groups in total. The molecule has 0 aliphatic carbocycles. The van der Waals surface area contributed by atoms with Crippen LogP contribution in [0.2, 0.25) is 0 Å². The van der Waals surface area contributed by atoms with E-state index in [0.29, 0.717) is 13.0 Å². The highest BCUT2D eigenvalue weighted by molar-refractivity contribution is 5.90. The molecule has 0 aliphatic heterocycles. The molecule has 0 heterocycles. The summed E-state index contributed by atoms with van der Waals surface area (Å²) in [5.41, 5.74) is 0.304. The number of hydrogen-bond donors (Lipinski definition) is 3. The van der Waals surface area contributed by atoms with Crippen molar-refractivity contribution in [3.8, 4) is 6.07 Å². The number of halogens is 1. The van der Waals surface area contributed by atoms with Crippen molar-refractivity contribution in [2.24, 2.45) is 5.92 Å². The van der Waals surface area contributed by atoms with E-state index in [1.54, 1.807) is 0 Å². The van der Waals surface area contributed by atoms with Crippen molar-refractivity contribution in [2.75, 3.05) is 11.9 Å². The number of amides is 2. The fraction of sp³-hybridized carbons (Fsp3) is 0.429. The summed E-state index contributed by atoms with van der Waals surface area (Å²) in [7, 11) is 0. The maximum atomic E-state index is 12.9. The molecule has 5 nitrogen and oxygen atoms in total. The number of carbonyl (C=O) groups excluding carboxylic acids is 1. The molecular formula is C14H18FN3O2. The van der Waals surface area contributed by atoms with Crippen LogP contribution < -0.4 is 10.6 Å². The predicted molar refractivity (Wildman–Crippen MR) is 73.6 cm³/mol. The molecule has 1 rings (SSSR count). The molecule has 2 amide bonds. The van der Waals surface area contributed by atoms with Crippen LogP contribution in [0.15, 0.2) is 18.2 Å². The number of benzene rings is 1. The Morgan fingerprint density at radius 3 is 2.80 bits per heavy atom.